The summed E-state index contributed by atoms with van der Waals surface area (Å²) >= 11 is 0. The Morgan fingerprint density at radius 2 is 2.36 bits per heavy atom. The van der Waals surface area contributed by atoms with Crippen LogP contribution in [0.15, 0.2) is 18.2 Å². The van der Waals surface area contributed by atoms with E-state index in [1.807, 2.05) is 12.1 Å². The topological polar surface area (TPSA) is 22.1 Å². The monoisotopic (exact) mass is 145 g/mol. The van der Waals surface area contributed by atoms with E-state index in [1.54, 1.807) is 0 Å². The predicted octanol–water partition coefficient (Wildman–Crippen LogP) is 1.41. The number of hydrogen-bond donors (Lipinski definition) is 0. The normalized spacial score (nSPS) is 17.6. The van der Waals surface area contributed by atoms with E-state index in [4.69, 9.17) is 4.74 Å². The van der Waals surface area contributed by atoms with Crippen LogP contribution in [0.25, 0.3) is 5.57 Å². The van der Waals surface area contributed by atoms with E-state index in [0.717, 1.165) is 17.9 Å². The van der Waals surface area contributed by atoms with Crippen LogP contribution in [-0.2, 0) is 6.42 Å². The molecule has 1 aromatic rings. The minimum atomic E-state index is 0.710. The van der Waals surface area contributed by atoms with Gasteiger partial charge in [-0.25, -0.2) is 4.98 Å². The Bertz CT molecular complexity index is 355. The molecule has 2 bridgehead atoms. The molecule has 2 aliphatic rings. The number of nitrogens with zero attached hydrogens (tertiary/aromatic N) is 1. The molecular weight excluding hydrogens is 138 g/mol. The first-order valence-electron chi connectivity index (χ1n) is 3.75. The van der Waals surface area contributed by atoms with E-state index in [1.165, 1.54) is 11.3 Å². The number of rotatable bonds is 0. The molecule has 0 N–H and O–H groups in total. The first-order valence-corrected chi connectivity index (χ1v) is 3.75. The third kappa shape index (κ3) is 0.589. The Balaban J connectivity index is 2.37. The Morgan fingerprint density at radius 3 is 3.36 bits per heavy atom. The maximum Gasteiger partial charge on any atom is 0.145 e. The van der Waals surface area contributed by atoms with E-state index in [-0.39, 0.29) is 0 Å². The molecule has 2 nitrogen and oxygen atoms in total. The van der Waals surface area contributed by atoms with Crippen LogP contribution in [0.1, 0.15) is 11.4 Å². The Hall–Kier alpha value is -1.31. The van der Waals surface area contributed by atoms with E-state index in [0.29, 0.717) is 6.61 Å². The molecule has 0 radical (unpaired) electrons. The SMILES string of the molecule is C1=C2Cc3ccc(c2n3)OC1. The van der Waals surface area contributed by atoms with Crippen LogP contribution in [0.4, 0.5) is 0 Å². The molecule has 1 aromatic heterocycles. The predicted molar refractivity (Wildman–Crippen MR) is 41.4 cm³/mol. The fourth-order valence-electron chi connectivity index (χ4n) is 1.61. The quantitative estimate of drug-likeness (QED) is 0.550. The van der Waals surface area contributed by atoms with Crippen molar-refractivity contribution in [3.05, 3.63) is 29.6 Å². The lowest BCUT2D eigenvalue weighted by Gasteiger charge is -2.10. The molecule has 3 rings (SSSR count). The number of pyridine rings is 1. The van der Waals surface area contributed by atoms with Gasteiger partial charge in [0, 0.05) is 12.1 Å². The highest BCUT2D eigenvalue weighted by molar-refractivity contribution is 5.74. The first kappa shape index (κ1) is 5.35. The maximum atomic E-state index is 5.39. The molecule has 0 spiro atoms. The average molecular weight is 145 g/mol. The number of aromatic nitrogens is 1. The molecule has 0 aromatic carbocycles. The lowest BCUT2D eigenvalue weighted by Crippen LogP contribution is -2.02. The molecule has 0 atom stereocenters. The van der Waals surface area contributed by atoms with E-state index >= 15 is 0 Å². The van der Waals surface area contributed by atoms with Crippen LogP contribution in [0.3, 0.4) is 0 Å². The number of fused-ring (bicyclic) bond motifs is 1. The fraction of sp³-hybridized carbons (Fsp3) is 0.222. The molecule has 0 unspecified atom stereocenters. The van der Waals surface area contributed by atoms with Crippen molar-refractivity contribution in [3.63, 3.8) is 0 Å². The van der Waals surface area contributed by atoms with Crippen molar-refractivity contribution in [1.82, 2.24) is 4.98 Å². The molecular formula is C9H7NO. The van der Waals surface area contributed by atoms with Gasteiger partial charge in [-0.05, 0) is 23.8 Å². The van der Waals surface area contributed by atoms with Crippen LogP contribution in [-0.4, -0.2) is 11.6 Å². The van der Waals surface area contributed by atoms with Gasteiger partial charge in [0.25, 0.3) is 0 Å². The van der Waals surface area contributed by atoms with Gasteiger partial charge >= 0.3 is 0 Å². The van der Waals surface area contributed by atoms with Crippen LogP contribution >= 0.6 is 0 Å². The Labute approximate surface area is 64.5 Å². The summed E-state index contributed by atoms with van der Waals surface area (Å²) < 4.78 is 5.39. The third-order valence-corrected chi connectivity index (χ3v) is 2.16. The van der Waals surface area contributed by atoms with E-state index < -0.39 is 0 Å². The third-order valence-electron chi connectivity index (χ3n) is 2.16. The summed E-state index contributed by atoms with van der Waals surface area (Å²) in [6.07, 6.45) is 3.11. The molecule has 11 heavy (non-hydrogen) atoms. The first-order chi connectivity index (χ1) is 5.43. The minimum absolute atomic E-state index is 0.710. The molecule has 0 aliphatic carbocycles. The van der Waals surface area contributed by atoms with Gasteiger partial charge in [0.1, 0.15) is 18.1 Å². The lowest BCUT2D eigenvalue weighted by molar-refractivity contribution is 0.356. The summed E-state index contributed by atoms with van der Waals surface area (Å²) in [6.45, 7) is 0.710. The summed E-state index contributed by atoms with van der Waals surface area (Å²) in [5.41, 5.74) is 3.57. The smallest absolute Gasteiger partial charge is 0.145 e. The summed E-state index contributed by atoms with van der Waals surface area (Å²) in [7, 11) is 0. The van der Waals surface area contributed by atoms with Crippen molar-refractivity contribution in [3.8, 4) is 5.75 Å². The highest BCUT2D eigenvalue weighted by Gasteiger charge is 2.21. The zero-order chi connectivity index (χ0) is 7.26. The Morgan fingerprint density at radius 1 is 1.36 bits per heavy atom. The average Bonchev–Trinajstić information content (AvgIpc) is 2.42. The van der Waals surface area contributed by atoms with Gasteiger partial charge in [-0.3, -0.25) is 0 Å². The van der Waals surface area contributed by atoms with Crippen molar-refractivity contribution in [2.75, 3.05) is 6.61 Å². The van der Waals surface area contributed by atoms with E-state index in [2.05, 4.69) is 11.1 Å². The summed E-state index contributed by atoms with van der Waals surface area (Å²) in [6, 6.07) is 4.04. The van der Waals surface area contributed by atoms with Crippen molar-refractivity contribution < 1.29 is 4.74 Å². The second-order valence-corrected chi connectivity index (χ2v) is 2.87. The fourth-order valence-corrected chi connectivity index (χ4v) is 1.61. The molecule has 0 saturated carbocycles. The van der Waals surface area contributed by atoms with Crippen molar-refractivity contribution in [2.24, 2.45) is 0 Å². The molecule has 0 fully saturated rings. The molecule has 3 heterocycles. The van der Waals surface area contributed by atoms with Crippen LogP contribution < -0.4 is 4.74 Å². The van der Waals surface area contributed by atoms with Gasteiger partial charge in [-0.2, -0.15) is 0 Å². The minimum Gasteiger partial charge on any atom is -0.487 e. The molecule has 0 saturated heterocycles. The van der Waals surface area contributed by atoms with Gasteiger partial charge in [0.05, 0.1) is 0 Å². The van der Waals surface area contributed by atoms with Crippen molar-refractivity contribution in [2.45, 2.75) is 6.42 Å². The number of hydrogen-bond acceptors (Lipinski definition) is 2. The summed E-state index contributed by atoms with van der Waals surface area (Å²) in [4.78, 5) is 4.39. The molecule has 2 aliphatic heterocycles. The van der Waals surface area contributed by atoms with Crippen molar-refractivity contribution in [1.29, 1.82) is 0 Å². The van der Waals surface area contributed by atoms with Gasteiger partial charge in [0.15, 0.2) is 0 Å². The largest absolute Gasteiger partial charge is 0.487 e. The zero-order valence-electron chi connectivity index (χ0n) is 6.00. The van der Waals surface area contributed by atoms with Crippen molar-refractivity contribution >= 4 is 5.57 Å². The van der Waals surface area contributed by atoms with Crippen LogP contribution in [0.2, 0.25) is 0 Å². The second kappa shape index (κ2) is 1.64. The molecule has 54 valence electrons. The molecule has 2 heteroatoms. The van der Waals surface area contributed by atoms with Gasteiger partial charge in [0.2, 0.25) is 0 Å². The summed E-state index contributed by atoms with van der Waals surface area (Å²) in [5, 5.41) is 0. The Kier molecular flexibility index (Phi) is 0.799. The lowest BCUT2D eigenvalue weighted by atomic mass is 10.1. The number of allylic oxidation sites excluding steroid dienone is 1. The highest BCUT2D eigenvalue weighted by Crippen LogP contribution is 2.34. The van der Waals surface area contributed by atoms with Crippen LogP contribution in [0.5, 0.6) is 5.75 Å². The van der Waals surface area contributed by atoms with Gasteiger partial charge in [-0.15, -0.1) is 0 Å². The van der Waals surface area contributed by atoms with Crippen LogP contribution in [0, 0.1) is 0 Å². The highest BCUT2D eigenvalue weighted by atomic mass is 16.5. The van der Waals surface area contributed by atoms with E-state index in [9.17, 15) is 0 Å². The number of ether oxygens (including phenoxy) is 1. The van der Waals surface area contributed by atoms with Gasteiger partial charge in [-0.1, -0.05) is 0 Å². The maximum absolute atomic E-state index is 5.39. The standard InChI is InChI=1S/C9H7NO/c1-2-8-9-6(3-4-11-8)5-7(1)10-9/h1-3H,4-5H2. The summed E-state index contributed by atoms with van der Waals surface area (Å²) in [5.74, 6) is 0.948. The second-order valence-electron chi connectivity index (χ2n) is 2.87. The molecule has 0 amide bonds. The van der Waals surface area contributed by atoms with Gasteiger partial charge < -0.3 is 4.74 Å². The zero-order valence-corrected chi connectivity index (χ0v) is 6.00.